The molecule has 0 unspecified atom stereocenters. The number of hydrogen-bond acceptors (Lipinski definition) is 2. The molecule has 3 heteroatoms. The van der Waals surface area contributed by atoms with E-state index >= 15 is 0 Å². The third-order valence-electron chi connectivity index (χ3n) is 4.23. The number of ether oxygens (including phenoxy) is 1. The van der Waals surface area contributed by atoms with Crippen molar-refractivity contribution >= 4 is 5.91 Å². The van der Waals surface area contributed by atoms with Crippen molar-refractivity contribution in [3.05, 3.63) is 64.7 Å². The van der Waals surface area contributed by atoms with E-state index in [1.807, 2.05) is 30.3 Å². The third-order valence-corrected chi connectivity index (χ3v) is 4.23. The lowest BCUT2D eigenvalue weighted by Crippen LogP contribution is -2.33. The molecule has 1 aliphatic heterocycles. The van der Waals surface area contributed by atoms with E-state index in [9.17, 15) is 4.79 Å². The van der Waals surface area contributed by atoms with Crippen molar-refractivity contribution in [1.29, 1.82) is 0 Å². The molecule has 2 aromatic carbocycles. The number of para-hydroxylation sites is 1. The molecule has 0 radical (unpaired) electrons. The number of rotatable bonds is 3. The van der Waals surface area contributed by atoms with Gasteiger partial charge in [0.1, 0.15) is 5.75 Å². The molecule has 3 nitrogen and oxygen atoms in total. The second kappa shape index (κ2) is 6.22. The Morgan fingerprint density at radius 2 is 2.00 bits per heavy atom. The Morgan fingerprint density at radius 3 is 2.82 bits per heavy atom. The summed E-state index contributed by atoms with van der Waals surface area (Å²) in [6.45, 7) is 4.80. The molecule has 22 heavy (non-hydrogen) atoms. The van der Waals surface area contributed by atoms with Gasteiger partial charge in [0.25, 0.3) is 0 Å². The molecule has 0 saturated carbocycles. The summed E-state index contributed by atoms with van der Waals surface area (Å²) in [6.07, 6.45) is 1.23. The van der Waals surface area contributed by atoms with Gasteiger partial charge >= 0.3 is 0 Å². The largest absolute Gasteiger partial charge is 0.493 e. The Bertz CT molecular complexity index is 694. The van der Waals surface area contributed by atoms with Crippen molar-refractivity contribution in [3.8, 4) is 5.75 Å². The maximum Gasteiger partial charge on any atom is 0.224 e. The van der Waals surface area contributed by atoms with Gasteiger partial charge in [-0.05, 0) is 36.6 Å². The lowest BCUT2D eigenvalue weighted by molar-refractivity contribution is -0.121. The molecule has 0 aliphatic carbocycles. The molecule has 1 amide bonds. The van der Waals surface area contributed by atoms with Crippen LogP contribution in [0.1, 0.15) is 34.7 Å². The molecule has 114 valence electrons. The van der Waals surface area contributed by atoms with Gasteiger partial charge in [0, 0.05) is 12.0 Å². The maximum absolute atomic E-state index is 12.3. The monoisotopic (exact) mass is 295 g/mol. The average Bonchev–Trinajstić information content (AvgIpc) is 2.51. The predicted octanol–water partition coefficient (Wildman–Crippen LogP) is 3.49. The second-order valence-corrected chi connectivity index (χ2v) is 5.89. The van der Waals surface area contributed by atoms with Gasteiger partial charge in [-0.3, -0.25) is 4.79 Å². The van der Waals surface area contributed by atoms with Gasteiger partial charge in [-0.2, -0.15) is 0 Å². The Morgan fingerprint density at radius 1 is 1.18 bits per heavy atom. The first-order valence-corrected chi connectivity index (χ1v) is 7.71. The van der Waals surface area contributed by atoms with Crippen molar-refractivity contribution in [2.75, 3.05) is 6.61 Å². The SMILES string of the molecule is Cc1ccc(CC(=O)N[C@@H]2CCOc3ccccc32)cc1C. The quantitative estimate of drug-likeness (QED) is 0.941. The Balaban J connectivity index is 1.69. The number of amides is 1. The van der Waals surface area contributed by atoms with Gasteiger partial charge < -0.3 is 10.1 Å². The first-order chi connectivity index (χ1) is 10.6. The number of carbonyl (C=O) groups is 1. The van der Waals surface area contributed by atoms with E-state index in [4.69, 9.17) is 4.74 Å². The van der Waals surface area contributed by atoms with Gasteiger partial charge in [0.05, 0.1) is 19.1 Å². The van der Waals surface area contributed by atoms with E-state index < -0.39 is 0 Å². The standard InChI is InChI=1S/C19H21NO2/c1-13-7-8-15(11-14(13)2)12-19(21)20-17-9-10-22-18-6-4-3-5-16(17)18/h3-8,11,17H,9-10,12H2,1-2H3,(H,20,21)/t17-/m1/s1. The van der Waals surface area contributed by atoms with E-state index in [0.717, 1.165) is 23.3 Å². The van der Waals surface area contributed by atoms with Crippen LogP contribution in [0.4, 0.5) is 0 Å². The summed E-state index contributed by atoms with van der Waals surface area (Å²) in [5, 5.41) is 3.14. The number of aryl methyl sites for hydroxylation is 2. The summed E-state index contributed by atoms with van der Waals surface area (Å²) in [5.41, 5.74) is 4.60. The van der Waals surface area contributed by atoms with Crippen LogP contribution in [0.2, 0.25) is 0 Å². The smallest absolute Gasteiger partial charge is 0.224 e. The Labute approximate surface area is 131 Å². The number of benzene rings is 2. The van der Waals surface area contributed by atoms with E-state index in [0.29, 0.717) is 13.0 Å². The van der Waals surface area contributed by atoms with E-state index in [2.05, 4.69) is 31.3 Å². The zero-order valence-corrected chi connectivity index (χ0v) is 13.1. The lowest BCUT2D eigenvalue weighted by Gasteiger charge is -2.26. The van der Waals surface area contributed by atoms with Crippen LogP contribution in [0, 0.1) is 13.8 Å². The Hall–Kier alpha value is -2.29. The second-order valence-electron chi connectivity index (χ2n) is 5.89. The van der Waals surface area contributed by atoms with Crippen LogP contribution in [0.15, 0.2) is 42.5 Å². The summed E-state index contributed by atoms with van der Waals surface area (Å²) in [4.78, 5) is 12.3. The van der Waals surface area contributed by atoms with E-state index in [-0.39, 0.29) is 11.9 Å². The van der Waals surface area contributed by atoms with Crippen molar-refractivity contribution in [2.24, 2.45) is 0 Å². The molecule has 0 fully saturated rings. The summed E-state index contributed by atoms with van der Waals surface area (Å²) in [6, 6.07) is 14.2. The normalized spacial score (nSPS) is 16.5. The highest BCUT2D eigenvalue weighted by Crippen LogP contribution is 2.31. The molecule has 0 saturated heterocycles. The summed E-state index contributed by atoms with van der Waals surface area (Å²) in [5.74, 6) is 0.940. The highest BCUT2D eigenvalue weighted by molar-refractivity contribution is 5.79. The van der Waals surface area contributed by atoms with Crippen LogP contribution in [0.5, 0.6) is 5.75 Å². The molecule has 0 spiro atoms. The molecule has 1 atom stereocenters. The number of carbonyl (C=O) groups excluding carboxylic acids is 1. The summed E-state index contributed by atoms with van der Waals surface area (Å²) < 4.78 is 5.63. The van der Waals surface area contributed by atoms with Gasteiger partial charge in [-0.1, -0.05) is 36.4 Å². The third kappa shape index (κ3) is 3.14. The van der Waals surface area contributed by atoms with Gasteiger partial charge in [-0.25, -0.2) is 0 Å². The van der Waals surface area contributed by atoms with Crippen LogP contribution in [0.3, 0.4) is 0 Å². The highest BCUT2D eigenvalue weighted by atomic mass is 16.5. The zero-order valence-electron chi connectivity index (χ0n) is 13.1. The van der Waals surface area contributed by atoms with E-state index in [1.165, 1.54) is 11.1 Å². The fourth-order valence-electron chi connectivity index (χ4n) is 2.84. The molecular formula is C19H21NO2. The van der Waals surface area contributed by atoms with Crippen molar-refractivity contribution in [1.82, 2.24) is 5.32 Å². The summed E-state index contributed by atoms with van der Waals surface area (Å²) >= 11 is 0. The molecule has 1 aliphatic rings. The van der Waals surface area contributed by atoms with Crippen molar-refractivity contribution in [3.63, 3.8) is 0 Å². The predicted molar refractivity (Wildman–Crippen MR) is 87.1 cm³/mol. The number of hydrogen-bond donors (Lipinski definition) is 1. The van der Waals surface area contributed by atoms with Crippen molar-refractivity contribution in [2.45, 2.75) is 32.7 Å². The minimum atomic E-state index is 0.0454. The van der Waals surface area contributed by atoms with E-state index in [1.54, 1.807) is 0 Å². The highest BCUT2D eigenvalue weighted by Gasteiger charge is 2.22. The van der Waals surface area contributed by atoms with Crippen LogP contribution < -0.4 is 10.1 Å². The zero-order chi connectivity index (χ0) is 15.5. The minimum absolute atomic E-state index is 0.0454. The molecule has 1 heterocycles. The fourth-order valence-corrected chi connectivity index (χ4v) is 2.84. The number of nitrogens with one attached hydrogen (secondary N) is 1. The molecule has 1 N–H and O–H groups in total. The van der Waals surface area contributed by atoms with Gasteiger partial charge in [0.15, 0.2) is 0 Å². The molecule has 0 bridgehead atoms. The molecule has 0 aromatic heterocycles. The minimum Gasteiger partial charge on any atom is -0.493 e. The molecular weight excluding hydrogens is 274 g/mol. The topological polar surface area (TPSA) is 38.3 Å². The molecule has 2 aromatic rings. The lowest BCUT2D eigenvalue weighted by atomic mass is 9.99. The van der Waals surface area contributed by atoms with Crippen LogP contribution >= 0.6 is 0 Å². The maximum atomic E-state index is 12.3. The van der Waals surface area contributed by atoms with Crippen LogP contribution in [-0.4, -0.2) is 12.5 Å². The van der Waals surface area contributed by atoms with Crippen molar-refractivity contribution < 1.29 is 9.53 Å². The van der Waals surface area contributed by atoms with Crippen LogP contribution in [-0.2, 0) is 11.2 Å². The first-order valence-electron chi connectivity index (χ1n) is 7.71. The summed E-state index contributed by atoms with van der Waals surface area (Å²) in [7, 11) is 0. The van der Waals surface area contributed by atoms with Crippen LogP contribution in [0.25, 0.3) is 0 Å². The first kappa shape index (κ1) is 14.6. The molecule has 3 rings (SSSR count). The van der Waals surface area contributed by atoms with Gasteiger partial charge in [-0.15, -0.1) is 0 Å². The fraction of sp³-hybridized carbons (Fsp3) is 0.316. The average molecular weight is 295 g/mol. The number of fused-ring (bicyclic) bond motifs is 1. The van der Waals surface area contributed by atoms with Gasteiger partial charge in [0.2, 0.25) is 5.91 Å². The Kier molecular flexibility index (Phi) is 4.14.